The summed E-state index contributed by atoms with van der Waals surface area (Å²) in [5.74, 6) is 0.347. The van der Waals surface area contributed by atoms with Crippen molar-refractivity contribution >= 4 is 29.3 Å². The topological polar surface area (TPSA) is 58.2 Å². The normalized spacial score (nSPS) is 11.6. The number of amides is 2. The van der Waals surface area contributed by atoms with Crippen LogP contribution in [-0.4, -0.2) is 23.3 Å². The van der Waals surface area contributed by atoms with Gasteiger partial charge in [0.25, 0.3) is 0 Å². The summed E-state index contributed by atoms with van der Waals surface area (Å²) in [4.78, 5) is 24.0. The maximum absolute atomic E-state index is 12.0. The monoisotopic (exact) mass is 356 g/mol. The highest BCUT2D eigenvalue weighted by Crippen LogP contribution is 2.16. The van der Waals surface area contributed by atoms with Gasteiger partial charge in [0.05, 0.1) is 17.5 Å². The fourth-order valence-electron chi connectivity index (χ4n) is 2.48. The van der Waals surface area contributed by atoms with Gasteiger partial charge in [0.2, 0.25) is 11.8 Å². The molecule has 0 aliphatic rings. The van der Waals surface area contributed by atoms with E-state index in [1.54, 1.807) is 0 Å². The van der Waals surface area contributed by atoms with Gasteiger partial charge in [-0.2, -0.15) is 0 Å². The Bertz CT molecular complexity index is 732. The molecule has 2 amide bonds. The third-order valence-corrected chi connectivity index (χ3v) is 4.73. The van der Waals surface area contributed by atoms with Crippen molar-refractivity contribution in [2.24, 2.45) is 0 Å². The number of carbonyl (C=O) groups excluding carboxylic acids is 2. The molecule has 2 N–H and O–H groups in total. The van der Waals surface area contributed by atoms with Crippen molar-refractivity contribution < 1.29 is 9.59 Å². The van der Waals surface area contributed by atoms with E-state index in [4.69, 9.17) is 0 Å². The Balaban J connectivity index is 1.72. The van der Waals surface area contributed by atoms with E-state index in [-0.39, 0.29) is 29.4 Å². The maximum atomic E-state index is 12.0. The number of hydrogen-bond acceptors (Lipinski definition) is 3. The van der Waals surface area contributed by atoms with Crippen LogP contribution in [0.15, 0.2) is 48.5 Å². The lowest BCUT2D eigenvalue weighted by atomic mass is 10.1. The maximum Gasteiger partial charge on any atom is 0.234 e. The van der Waals surface area contributed by atoms with E-state index in [1.807, 2.05) is 69.3 Å². The highest BCUT2D eigenvalue weighted by Gasteiger charge is 2.11. The van der Waals surface area contributed by atoms with E-state index < -0.39 is 0 Å². The van der Waals surface area contributed by atoms with Crippen LogP contribution in [0.5, 0.6) is 0 Å². The van der Waals surface area contributed by atoms with Crippen LogP contribution in [0.1, 0.15) is 29.7 Å². The second-order valence-corrected chi connectivity index (χ2v) is 7.04. The molecule has 2 aromatic rings. The first-order valence-electron chi connectivity index (χ1n) is 8.25. The number of hydrogen-bond donors (Lipinski definition) is 2. The lowest BCUT2D eigenvalue weighted by molar-refractivity contribution is -0.119. The van der Waals surface area contributed by atoms with E-state index >= 15 is 0 Å². The van der Waals surface area contributed by atoms with E-state index in [9.17, 15) is 9.59 Å². The number of rotatable bonds is 7. The van der Waals surface area contributed by atoms with Gasteiger partial charge in [0.15, 0.2) is 0 Å². The van der Waals surface area contributed by atoms with Gasteiger partial charge in [-0.05, 0) is 38.0 Å². The molecular formula is C20H24N2O2S. The first kappa shape index (κ1) is 19.1. The van der Waals surface area contributed by atoms with Crippen molar-refractivity contribution in [1.29, 1.82) is 0 Å². The van der Waals surface area contributed by atoms with Gasteiger partial charge < -0.3 is 10.6 Å². The number of anilines is 1. The Labute approximate surface area is 153 Å². The minimum atomic E-state index is -0.0964. The Morgan fingerprint density at radius 3 is 2.36 bits per heavy atom. The summed E-state index contributed by atoms with van der Waals surface area (Å²) in [6, 6.07) is 15.7. The molecule has 2 aromatic carbocycles. The largest absolute Gasteiger partial charge is 0.349 e. The summed E-state index contributed by atoms with van der Waals surface area (Å²) in [5.41, 5.74) is 4.08. The molecule has 1 atom stereocenters. The number of benzene rings is 2. The molecule has 0 unspecified atom stereocenters. The molecule has 0 aliphatic heterocycles. The molecule has 0 heterocycles. The minimum Gasteiger partial charge on any atom is -0.349 e. The van der Waals surface area contributed by atoms with Gasteiger partial charge in [-0.25, -0.2) is 0 Å². The van der Waals surface area contributed by atoms with Crippen molar-refractivity contribution in [2.45, 2.75) is 26.8 Å². The molecule has 2 rings (SSSR count). The summed E-state index contributed by atoms with van der Waals surface area (Å²) in [6.45, 7) is 5.93. The van der Waals surface area contributed by atoms with Gasteiger partial charge in [0.1, 0.15) is 0 Å². The summed E-state index contributed by atoms with van der Waals surface area (Å²) in [5, 5.41) is 5.83. The van der Waals surface area contributed by atoms with Crippen LogP contribution in [0.25, 0.3) is 0 Å². The molecular weight excluding hydrogens is 332 g/mol. The quantitative estimate of drug-likeness (QED) is 0.792. The molecule has 0 spiro atoms. The zero-order valence-corrected chi connectivity index (χ0v) is 15.7. The van der Waals surface area contributed by atoms with Gasteiger partial charge in [-0.1, -0.05) is 48.0 Å². The SMILES string of the molecule is Cc1ccc(NC(=O)CSCC(=O)N[C@@H](C)c2ccccc2)c(C)c1. The number of nitrogens with one attached hydrogen (secondary N) is 2. The van der Waals surface area contributed by atoms with Gasteiger partial charge >= 0.3 is 0 Å². The summed E-state index contributed by atoms with van der Waals surface area (Å²) in [6.07, 6.45) is 0. The Morgan fingerprint density at radius 1 is 1.00 bits per heavy atom. The molecule has 0 fully saturated rings. The standard InChI is InChI=1S/C20H24N2O2S/c1-14-9-10-18(15(2)11-14)22-20(24)13-25-12-19(23)21-16(3)17-7-5-4-6-8-17/h4-11,16H,12-13H2,1-3H3,(H,21,23)(H,22,24)/t16-/m0/s1. The van der Waals surface area contributed by atoms with Crippen LogP contribution >= 0.6 is 11.8 Å². The average molecular weight is 356 g/mol. The molecule has 132 valence electrons. The van der Waals surface area contributed by atoms with E-state index in [2.05, 4.69) is 10.6 Å². The van der Waals surface area contributed by atoms with E-state index in [0.29, 0.717) is 0 Å². The summed E-state index contributed by atoms with van der Waals surface area (Å²) in [7, 11) is 0. The Morgan fingerprint density at radius 2 is 1.68 bits per heavy atom. The van der Waals surface area contributed by atoms with Crippen LogP contribution in [-0.2, 0) is 9.59 Å². The van der Waals surface area contributed by atoms with Crippen LogP contribution < -0.4 is 10.6 Å². The zero-order chi connectivity index (χ0) is 18.2. The predicted molar refractivity (Wildman–Crippen MR) is 105 cm³/mol. The lowest BCUT2D eigenvalue weighted by Gasteiger charge is -2.14. The molecule has 0 saturated carbocycles. The van der Waals surface area contributed by atoms with Crippen molar-refractivity contribution in [3.8, 4) is 0 Å². The highest BCUT2D eigenvalue weighted by atomic mass is 32.2. The average Bonchev–Trinajstić information content (AvgIpc) is 2.58. The second-order valence-electron chi connectivity index (χ2n) is 6.06. The fraction of sp³-hybridized carbons (Fsp3) is 0.300. The molecule has 5 heteroatoms. The van der Waals surface area contributed by atoms with Gasteiger partial charge in [0, 0.05) is 5.69 Å². The van der Waals surface area contributed by atoms with Crippen molar-refractivity contribution in [2.75, 3.05) is 16.8 Å². The van der Waals surface area contributed by atoms with Crippen LogP contribution in [0.2, 0.25) is 0 Å². The van der Waals surface area contributed by atoms with Gasteiger partial charge in [-0.3, -0.25) is 9.59 Å². The van der Waals surface area contributed by atoms with Crippen molar-refractivity contribution in [3.05, 3.63) is 65.2 Å². The first-order valence-corrected chi connectivity index (χ1v) is 9.40. The molecule has 0 radical (unpaired) electrons. The third-order valence-electron chi connectivity index (χ3n) is 3.80. The number of aryl methyl sites for hydroxylation is 2. The second kappa shape index (κ2) is 9.28. The summed E-state index contributed by atoms with van der Waals surface area (Å²) >= 11 is 1.31. The highest BCUT2D eigenvalue weighted by molar-refractivity contribution is 8.00. The van der Waals surface area contributed by atoms with Crippen LogP contribution in [0, 0.1) is 13.8 Å². The summed E-state index contributed by atoms with van der Waals surface area (Å²) < 4.78 is 0. The lowest BCUT2D eigenvalue weighted by Crippen LogP contribution is -2.28. The molecule has 4 nitrogen and oxygen atoms in total. The van der Waals surface area contributed by atoms with E-state index in [0.717, 1.165) is 22.4 Å². The Kier molecular flexibility index (Phi) is 7.07. The first-order chi connectivity index (χ1) is 12.0. The molecule has 0 bridgehead atoms. The van der Waals surface area contributed by atoms with Gasteiger partial charge in [-0.15, -0.1) is 11.8 Å². The fourth-order valence-corrected chi connectivity index (χ4v) is 3.11. The smallest absolute Gasteiger partial charge is 0.234 e. The van der Waals surface area contributed by atoms with Crippen LogP contribution in [0.3, 0.4) is 0 Å². The predicted octanol–water partition coefficient (Wildman–Crippen LogP) is 3.85. The molecule has 25 heavy (non-hydrogen) atoms. The number of carbonyl (C=O) groups is 2. The molecule has 0 aliphatic carbocycles. The number of thioether (sulfide) groups is 1. The molecule has 0 aromatic heterocycles. The van der Waals surface area contributed by atoms with Crippen molar-refractivity contribution in [1.82, 2.24) is 5.32 Å². The van der Waals surface area contributed by atoms with E-state index in [1.165, 1.54) is 11.8 Å². The van der Waals surface area contributed by atoms with Crippen molar-refractivity contribution in [3.63, 3.8) is 0 Å². The third kappa shape index (κ3) is 6.27. The molecule has 0 saturated heterocycles. The van der Waals surface area contributed by atoms with Crippen LogP contribution in [0.4, 0.5) is 5.69 Å². The zero-order valence-electron chi connectivity index (χ0n) is 14.8. The Hall–Kier alpha value is -2.27. The minimum absolute atomic E-state index is 0.0432.